The SMILES string of the molecule is Cc1cncc(C#N)c1OC1CCC(OC2C[C@H]3CC[C@@H](C2)N3C(=O)OC(C)(C)C)CC1. The molecule has 7 heteroatoms. The maximum atomic E-state index is 12.7. The Hall–Kier alpha value is -2.33. The zero-order valence-corrected chi connectivity index (χ0v) is 19.7. The number of pyridine rings is 1. The topological polar surface area (TPSA) is 84.7 Å². The van der Waals surface area contributed by atoms with Gasteiger partial charge in [0.05, 0.1) is 18.3 Å². The first-order valence-electron chi connectivity index (χ1n) is 11.9. The molecule has 3 aliphatic rings. The molecule has 2 aliphatic heterocycles. The summed E-state index contributed by atoms with van der Waals surface area (Å²) >= 11 is 0. The highest BCUT2D eigenvalue weighted by Crippen LogP contribution is 2.39. The molecule has 1 aromatic heterocycles. The average molecular weight is 442 g/mol. The van der Waals surface area contributed by atoms with Gasteiger partial charge in [-0.15, -0.1) is 0 Å². The molecule has 1 aromatic rings. The molecule has 1 amide bonds. The van der Waals surface area contributed by atoms with Gasteiger partial charge >= 0.3 is 6.09 Å². The molecule has 2 saturated heterocycles. The number of ether oxygens (including phenoxy) is 3. The van der Waals surface area contributed by atoms with E-state index in [9.17, 15) is 10.1 Å². The summed E-state index contributed by atoms with van der Waals surface area (Å²) in [4.78, 5) is 18.7. The van der Waals surface area contributed by atoms with Gasteiger partial charge < -0.3 is 19.1 Å². The van der Waals surface area contributed by atoms with Gasteiger partial charge in [-0.2, -0.15) is 5.26 Å². The van der Waals surface area contributed by atoms with Gasteiger partial charge in [-0.25, -0.2) is 4.79 Å². The number of carbonyl (C=O) groups excluding carboxylic acids is 1. The molecule has 4 rings (SSSR count). The summed E-state index contributed by atoms with van der Waals surface area (Å²) in [5.41, 5.74) is 0.929. The predicted octanol–water partition coefficient (Wildman–Crippen LogP) is 4.90. The van der Waals surface area contributed by atoms with Crippen molar-refractivity contribution in [2.75, 3.05) is 0 Å². The number of nitrogens with zero attached hydrogens (tertiary/aromatic N) is 3. The molecule has 3 atom stereocenters. The Morgan fingerprint density at radius 3 is 2.25 bits per heavy atom. The Balaban J connectivity index is 1.26. The van der Waals surface area contributed by atoms with Crippen molar-refractivity contribution in [1.82, 2.24) is 9.88 Å². The monoisotopic (exact) mass is 441 g/mol. The van der Waals surface area contributed by atoms with Crippen LogP contribution >= 0.6 is 0 Å². The molecule has 3 fully saturated rings. The number of aromatic nitrogens is 1. The van der Waals surface area contributed by atoms with Crippen molar-refractivity contribution in [3.63, 3.8) is 0 Å². The minimum Gasteiger partial charge on any atom is -0.489 e. The van der Waals surface area contributed by atoms with Crippen molar-refractivity contribution in [2.45, 2.75) is 115 Å². The van der Waals surface area contributed by atoms with Gasteiger partial charge in [0.1, 0.15) is 23.0 Å². The molecule has 0 radical (unpaired) electrons. The standard InChI is InChI=1S/C25H35N3O4/c1-16-14-27-15-17(13-26)23(16)31-21-9-7-20(8-10-21)30-22-11-18-5-6-19(12-22)28(18)24(29)32-25(2,3)4/h14-15,18-22H,5-12H2,1-4H3/t18-,19+,20?,21?,22?. The fraction of sp³-hybridized carbons (Fsp3) is 0.720. The number of fused-ring (bicyclic) bond motifs is 2. The molecule has 0 N–H and O–H groups in total. The second-order valence-corrected chi connectivity index (χ2v) is 10.5. The van der Waals surface area contributed by atoms with Crippen LogP contribution in [0.15, 0.2) is 12.4 Å². The van der Waals surface area contributed by atoms with Crippen molar-refractivity contribution in [3.05, 3.63) is 23.5 Å². The van der Waals surface area contributed by atoms with Crippen molar-refractivity contribution in [2.24, 2.45) is 0 Å². The van der Waals surface area contributed by atoms with E-state index in [4.69, 9.17) is 14.2 Å². The molecule has 0 aromatic carbocycles. The van der Waals surface area contributed by atoms with E-state index >= 15 is 0 Å². The smallest absolute Gasteiger partial charge is 0.410 e. The summed E-state index contributed by atoms with van der Waals surface area (Å²) in [6, 6.07) is 2.64. The predicted molar refractivity (Wildman–Crippen MR) is 119 cm³/mol. The summed E-state index contributed by atoms with van der Waals surface area (Å²) < 4.78 is 18.3. The van der Waals surface area contributed by atoms with Crippen LogP contribution in [0.5, 0.6) is 5.75 Å². The second kappa shape index (κ2) is 9.27. The van der Waals surface area contributed by atoms with Crippen molar-refractivity contribution >= 4 is 6.09 Å². The first-order chi connectivity index (χ1) is 15.2. The van der Waals surface area contributed by atoms with Gasteiger partial charge in [0.15, 0.2) is 0 Å². The Morgan fingerprint density at radius 1 is 1.03 bits per heavy atom. The third-order valence-electron chi connectivity index (χ3n) is 6.78. The molecule has 1 saturated carbocycles. The van der Waals surface area contributed by atoms with Crippen LogP contribution in [0.2, 0.25) is 0 Å². The number of rotatable bonds is 4. The van der Waals surface area contributed by atoms with E-state index in [2.05, 4.69) is 11.1 Å². The highest BCUT2D eigenvalue weighted by molar-refractivity contribution is 5.69. The Labute approximate surface area is 191 Å². The lowest BCUT2D eigenvalue weighted by molar-refractivity contribution is -0.0813. The summed E-state index contributed by atoms with van der Waals surface area (Å²) in [7, 11) is 0. The largest absolute Gasteiger partial charge is 0.489 e. The number of piperidine rings is 1. The zero-order chi connectivity index (χ0) is 22.9. The van der Waals surface area contributed by atoms with E-state index in [0.717, 1.165) is 56.9 Å². The molecular weight excluding hydrogens is 406 g/mol. The van der Waals surface area contributed by atoms with Crippen LogP contribution in [-0.2, 0) is 9.47 Å². The molecular formula is C25H35N3O4. The van der Waals surface area contributed by atoms with Crippen LogP contribution in [0.4, 0.5) is 4.79 Å². The lowest BCUT2D eigenvalue weighted by atomic mass is 9.93. The Kier molecular flexibility index (Phi) is 6.62. The maximum Gasteiger partial charge on any atom is 0.410 e. The number of hydrogen-bond donors (Lipinski definition) is 0. The zero-order valence-electron chi connectivity index (χ0n) is 19.7. The summed E-state index contributed by atoms with van der Waals surface area (Å²) in [5, 5.41) is 9.33. The maximum absolute atomic E-state index is 12.7. The van der Waals surface area contributed by atoms with Gasteiger partial charge in [-0.05, 0) is 79.1 Å². The van der Waals surface area contributed by atoms with Crippen molar-refractivity contribution < 1.29 is 19.0 Å². The summed E-state index contributed by atoms with van der Waals surface area (Å²) in [6.45, 7) is 7.68. The quantitative estimate of drug-likeness (QED) is 0.661. The lowest BCUT2D eigenvalue weighted by Crippen LogP contribution is -2.50. The molecule has 174 valence electrons. The first-order valence-corrected chi connectivity index (χ1v) is 11.9. The number of aryl methyl sites for hydroxylation is 1. The van der Waals surface area contributed by atoms with Gasteiger partial charge in [-0.3, -0.25) is 4.98 Å². The fourth-order valence-corrected chi connectivity index (χ4v) is 5.37. The van der Waals surface area contributed by atoms with E-state index in [-0.39, 0.29) is 36.5 Å². The normalized spacial score (nSPS) is 30.0. The van der Waals surface area contributed by atoms with Crippen LogP contribution in [0, 0.1) is 18.3 Å². The fourth-order valence-electron chi connectivity index (χ4n) is 5.37. The lowest BCUT2D eigenvalue weighted by Gasteiger charge is -2.41. The van der Waals surface area contributed by atoms with Crippen LogP contribution in [0.1, 0.15) is 83.3 Å². The van der Waals surface area contributed by atoms with E-state index < -0.39 is 5.60 Å². The molecule has 32 heavy (non-hydrogen) atoms. The molecule has 1 unspecified atom stereocenters. The minimum atomic E-state index is -0.465. The number of nitriles is 1. The average Bonchev–Trinajstić information content (AvgIpc) is 3.00. The molecule has 3 heterocycles. The summed E-state index contributed by atoms with van der Waals surface area (Å²) in [5.74, 6) is 0.665. The highest BCUT2D eigenvalue weighted by atomic mass is 16.6. The van der Waals surface area contributed by atoms with Gasteiger partial charge in [0.2, 0.25) is 0 Å². The van der Waals surface area contributed by atoms with Crippen LogP contribution in [0.3, 0.4) is 0 Å². The van der Waals surface area contributed by atoms with E-state index in [1.165, 1.54) is 0 Å². The van der Waals surface area contributed by atoms with Crippen molar-refractivity contribution in [1.29, 1.82) is 5.26 Å². The third kappa shape index (κ3) is 5.17. The molecule has 7 nitrogen and oxygen atoms in total. The highest BCUT2D eigenvalue weighted by Gasteiger charge is 2.45. The number of carbonyl (C=O) groups is 1. The number of amides is 1. The van der Waals surface area contributed by atoms with E-state index in [0.29, 0.717) is 11.3 Å². The Bertz CT molecular complexity index is 853. The van der Waals surface area contributed by atoms with Gasteiger partial charge in [0, 0.05) is 30.0 Å². The third-order valence-corrected chi connectivity index (χ3v) is 6.78. The van der Waals surface area contributed by atoms with Crippen LogP contribution in [-0.4, -0.2) is 52.0 Å². The van der Waals surface area contributed by atoms with Gasteiger partial charge in [0.25, 0.3) is 0 Å². The first kappa shape index (κ1) is 22.8. The van der Waals surface area contributed by atoms with Crippen LogP contribution in [0.25, 0.3) is 0 Å². The summed E-state index contributed by atoms with van der Waals surface area (Å²) in [6.07, 6.45) is 11.3. The molecule has 1 aliphatic carbocycles. The van der Waals surface area contributed by atoms with E-state index in [1.807, 2.05) is 32.6 Å². The minimum absolute atomic E-state index is 0.105. The molecule has 2 bridgehead atoms. The number of hydrogen-bond acceptors (Lipinski definition) is 6. The van der Waals surface area contributed by atoms with Crippen LogP contribution < -0.4 is 4.74 Å². The van der Waals surface area contributed by atoms with Crippen molar-refractivity contribution in [3.8, 4) is 11.8 Å². The van der Waals surface area contributed by atoms with Gasteiger partial charge in [-0.1, -0.05) is 0 Å². The Morgan fingerprint density at radius 2 is 1.66 bits per heavy atom. The van der Waals surface area contributed by atoms with E-state index in [1.54, 1.807) is 12.4 Å². The second-order valence-electron chi connectivity index (χ2n) is 10.5. The molecule has 0 spiro atoms.